The second-order valence-electron chi connectivity index (χ2n) is 5.25. The van der Waals surface area contributed by atoms with Crippen LogP contribution in [0, 0.1) is 6.92 Å². The minimum absolute atomic E-state index is 0.623. The molecule has 0 amide bonds. The molecular weight excluding hydrogens is 238 g/mol. The number of aryl methyl sites for hydroxylation is 1. The Hall–Kier alpha value is -1.62. The summed E-state index contributed by atoms with van der Waals surface area (Å²) in [4.78, 5) is 7.01. The standard InChI is InChI=1S/C14H21N5/c1-3-18-8-4-5-12(18)9-15-14-16-13-7-6-11(2)10-19(13)17-14/h6-7,10,12H,3-5,8-9H2,1-2H3,(H,15,17). The molecule has 1 saturated heterocycles. The summed E-state index contributed by atoms with van der Waals surface area (Å²) in [7, 11) is 0. The van der Waals surface area contributed by atoms with E-state index in [-0.39, 0.29) is 0 Å². The fourth-order valence-corrected chi connectivity index (χ4v) is 2.81. The van der Waals surface area contributed by atoms with Crippen LogP contribution in [-0.4, -0.2) is 45.2 Å². The monoisotopic (exact) mass is 259 g/mol. The lowest BCUT2D eigenvalue weighted by atomic mass is 10.2. The van der Waals surface area contributed by atoms with Gasteiger partial charge in [-0.25, -0.2) is 4.52 Å². The third-order valence-corrected chi connectivity index (χ3v) is 3.88. The fraction of sp³-hybridized carbons (Fsp3) is 0.571. The van der Waals surface area contributed by atoms with Gasteiger partial charge in [0.15, 0.2) is 5.65 Å². The number of hydrogen-bond donors (Lipinski definition) is 1. The van der Waals surface area contributed by atoms with E-state index in [1.165, 1.54) is 24.9 Å². The predicted molar refractivity (Wildman–Crippen MR) is 76.5 cm³/mol. The Morgan fingerprint density at radius 2 is 2.32 bits per heavy atom. The number of likely N-dealkylation sites (tertiary alicyclic amines) is 1. The van der Waals surface area contributed by atoms with Crippen LogP contribution >= 0.6 is 0 Å². The van der Waals surface area contributed by atoms with Crippen LogP contribution in [0.25, 0.3) is 5.65 Å². The first-order chi connectivity index (χ1) is 9.26. The van der Waals surface area contributed by atoms with Crippen molar-refractivity contribution in [3.8, 4) is 0 Å². The summed E-state index contributed by atoms with van der Waals surface area (Å²) in [6.07, 6.45) is 4.58. The molecule has 2 aromatic rings. The molecule has 1 N–H and O–H groups in total. The molecule has 1 aliphatic rings. The molecule has 5 heteroatoms. The van der Waals surface area contributed by atoms with Gasteiger partial charge in [-0.05, 0) is 44.5 Å². The Labute approximate surface area is 113 Å². The van der Waals surface area contributed by atoms with E-state index in [1.54, 1.807) is 0 Å². The number of aromatic nitrogens is 3. The van der Waals surface area contributed by atoms with Gasteiger partial charge in [0.1, 0.15) is 0 Å². The van der Waals surface area contributed by atoms with E-state index < -0.39 is 0 Å². The topological polar surface area (TPSA) is 45.5 Å². The Morgan fingerprint density at radius 3 is 3.16 bits per heavy atom. The van der Waals surface area contributed by atoms with E-state index in [0.717, 1.165) is 24.7 Å². The molecule has 0 saturated carbocycles. The summed E-state index contributed by atoms with van der Waals surface area (Å²) >= 11 is 0. The van der Waals surface area contributed by atoms with Gasteiger partial charge in [-0.2, -0.15) is 4.98 Å². The number of rotatable bonds is 4. The van der Waals surface area contributed by atoms with E-state index >= 15 is 0 Å². The lowest BCUT2D eigenvalue weighted by molar-refractivity contribution is 0.277. The predicted octanol–water partition coefficient (Wildman–Crippen LogP) is 1.93. The lowest BCUT2D eigenvalue weighted by Gasteiger charge is -2.22. The molecule has 0 aromatic carbocycles. The minimum atomic E-state index is 0.623. The lowest BCUT2D eigenvalue weighted by Crippen LogP contribution is -2.34. The van der Waals surface area contributed by atoms with Crippen molar-refractivity contribution >= 4 is 11.6 Å². The van der Waals surface area contributed by atoms with E-state index in [2.05, 4.69) is 40.2 Å². The van der Waals surface area contributed by atoms with Gasteiger partial charge in [-0.3, -0.25) is 4.90 Å². The molecule has 1 atom stereocenters. The van der Waals surface area contributed by atoms with Crippen LogP contribution < -0.4 is 5.32 Å². The van der Waals surface area contributed by atoms with Crippen LogP contribution in [-0.2, 0) is 0 Å². The van der Waals surface area contributed by atoms with Gasteiger partial charge < -0.3 is 5.32 Å². The second kappa shape index (κ2) is 5.17. The van der Waals surface area contributed by atoms with Gasteiger partial charge in [0.2, 0.25) is 5.95 Å². The molecular formula is C14H21N5. The van der Waals surface area contributed by atoms with Crippen molar-refractivity contribution in [2.45, 2.75) is 32.7 Å². The van der Waals surface area contributed by atoms with Gasteiger partial charge >= 0.3 is 0 Å². The summed E-state index contributed by atoms with van der Waals surface area (Å²) in [5, 5.41) is 7.84. The maximum absolute atomic E-state index is 4.49. The van der Waals surface area contributed by atoms with Crippen molar-refractivity contribution in [3.05, 3.63) is 23.9 Å². The van der Waals surface area contributed by atoms with Crippen molar-refractivity contribution < 1.29 is 0 Å². The SMILES string of the molecule is CCN1CCCC1CNc1nc2ccc(C)cn2n1. The molecule has 1 aliphatic heterocycles. The summed E-state index contributed by atoms with van der Waals surface area (Å²) in [5.41, 5.74) is 2.09. The average molecular weight is 259 g/mol. The third kappa shape index (κ3) is 2.56. The van der Waals surface area contributed by atoms with E-state index in [0.29, 0.717) is 6.04 Å². The van der Waals surface area contributed by atoms with Gasteiger partial charge in [0.05, 0.1) is 0 Å². The number of pyridine rings is 1. The van der Waals surface area contributed by atoms with E-state index in [4.69, 9.17) is 0 Å². The highest BCUT2D eigenvalue weighted by Gasteiger charge is 2.22. The van der Waals surface area contributed by atoms with Crippen LogP contribution in [0.15, 0.2) is 18.3 Å². The molecule has 5 nitrogen and oxygen atoms in total. The van der Waals surface area contributed by atoms with Crippen LogP contribution in [0.5, 0.6) is 0 Å². The highest BCUT2D eigenvalue weighted by molar-refractivity contribution is 5.44. The van der Waals surface area contributed by atoms with E-state index in [9.17, 15) is 0 Å². The molecule has 19 heavy (non-hydrogen) atoms. The molecule has 1 unspecified atom stereocenters. The molecule has 3 heterocycles. The average Bonchev–Trinajstić information content (AvgIpc) is 3.01. The second-order valence-corrected chi connectivity index (χ2v) is 5.25. The van der Waals surface area contributed by atoms with Crippen molar-refractivity contribution in [1.82, 2.24) is 19.5 Å². The minimum Gasteiger partial charge on any atom is -0.351 e. The van der Waals surface area contributed by atoms with Crippen molar-refractivity contribution in [1.29, 1.82) is 0 Å². The van der Waals surface area contributed by atoms with Crippen molar-refractivity contribution in [2.75, 3.05) is 25.0 Å². The third-order valence-electron chi connectivity index (χ3n) is 3.88. The zero-order chi connectivity index (χ0) is 13.2. The molecule has 102 valence electrons. The Kier molecular flexibility index (Phi) is 3.38. The summed E-state index contributed by atoms with van der Waals surface area (Å²) in [6, 6.07) is 4.68. The van der Waals surface area contributed by atoms with Gasteiger partial charge in [0.25, 0.3) is 0 Å². The number of nitrogens with zero attached hydrogens (tertiary/aromatic N) is 4. The number of nitrogens with one attached hydrogen (secondary N) is 1. The highest BCUT2D eigenvalue weighted by Crippen LogP contribution is 2.17. The first-order valence-corrected chi connectivity index (χ1v) is 7.07. The van der Waals surface area contributed by atoms with Gasteiger partial charge in [0, 0.05) is 18.8 Å². The number of fused-ring (bicyclic) bond motifs is 1. The molecule has 2 aromatic heterocycles. The Morgan fingerprint density at radius 1 is 1.42 bits per heavy atom. The smallest absolute Gasteiger partial charge is 0.243 e. The van der Waals surface area contributed by atoms with Crippen LogP contribution in [0.1, 0.15) is 25.3 Å². The number of likely N-dealkylation sites (N-methyl/N-ethyl adjacent to an activating group) is 1. The summed E-state index contributed by atoms with van der Waals surface area (Å²) in [5.74, 6) is 0.730. The first kappa shape index (κ1) is 12.4. The summed E-state index contributed by atoms with van der Waals surface area (Å²) < 4.78 is 1.84. The normalized spacial score (nSPS) is 20.2. The van der Waals surface area contributed by atoms with Crippen molar-refractivity contribution in [2.24, 2.45) is 0 Å². The van der Waals surface area contributed by atoms with Gasteiger partial charge in [-0.1, -0.05) is 13.0 Å². The van der Waals surface area contributed by atoms with E-state index in [1.807, 2.05) is 16.8 Å². The molecule has 0 aliphatic carbocycles. The number of anilines is 1. The van der Waals surface area contributed by atoms with Crippen molar-refractivity contribution in [3.63, 3.8) is 0 Å². The number of hydrogen-bond acceptors (Lipinski definition) is 4. The highest BCUT2D eigenvalue weighted by atomic mass is 15.3. The maximum Gasteiger partial charge on any atom is 0.243 e. The molecule has 0 spiro atoms. The Balaban J connectivity index is 1.68. The zero-order valence-corrected chi connectivity index (χ0v) is 11.6. The maximum atomic E-state index is 4.49. The van der Waals surface area contributed by atoms with Crippen LogP contribution in [0.2, 0.25) is 0 Å². The van der Waals surface area contributed by atoms with Gasteiger partial charge in [-0.15, -0.1) is 5.10 Å². The molecule has 3 rings (SSSR count). The summed E-state index contributed by atoms with van der Waals surface area (Å²) in [6.45, 7) is 7.57. The molecule has 0 radical (unpaired) electrons. The zero-order valence-electron chi connectivity index (χ0n) is 11.6. The van der Waals surface area contributed by atoms with Crippen LogP contribution in [0.3, 0.4) is 0 Å². The Bertz CT molecular complexity index is 562. The molecule has 1 fully saturated rings. The quantitative estimate of drug-likeness (QED) is 0.911. The first-order valence-electron chi connectivity index (χ1n) is 7.07. The fourth-order valence-electron chi connectivity index (χ4n) is 2.81. The largest absolute Gasteiger partial charge is 0.351 e. The van der Waals surface area contributed by atoms with Crippen LogP contribution in [0.4, 0.5) is 5.95 Å². The molecule has 0 bridgehead atoms.